The van der Waals surface area contributed by atoms with Gasteiger partial charge in [-0.15, -0.1) is 0 Å². The Labute approximate surface area is 159 Å². The zero-order chi connectivity index (χ0) is 19.8. The Bertz CT molecular complexity index is 652. The number of hydrogen-bond acceptors (Lipinski definition) is 5. The van der Waals surface area contributed by atoms with Gasteiger partial charge < -0.3 is 20.7 Å². The van der Waals surface area contributed by atoms with Crippen LogP contribution in [0.5, 0.6) is 0 Å². The fraction of sp³-hybridized carbons (Fsp3) is 0.667. The molecule has 1 atom stereocenters. The largest absolute Gasteiger partial charge is 0.450 e. The molecule has 2 rings (SSSR count). The molecule has 1 saturated carbocycles. The predicted molar refractivity (Wildman–Crippen MR) is 100 cm³/mol. The number of rotatable bonds is 8. The van der Waals surface area contributed by atoms with Crippen molar-refractivity contribution in [1.82, 2.24) is 20.4 Å². The van der Waals surface area contributed by atoms with E-state index in [2.05, 4.69) is 21.0 Å². The molecule has 3 N–H and O–H groups in total. The molecule has 1 unspecified atom stereocenters. The van der Waals surface area contributed by atoms with Gasteiger partial charge in [-0.1, -0.05) is 26.7 Å². The van der Waals surface area contributed by atoms with E-state index in [9.17, 15) is 14.4 Å². The van der Waals surface area contributed by atoms with Crippen LogP contribution >= 0.6 is 0 Å². The summed E-state index contributed by atoms with van der Waals surface area (Å²) in [6, 6.07) is -0.481. The molecule has 1 aliphatic rings. The third-order valence-electron chi connectivity index (χ3n) is 4.42. The number of aromatic nitrogens is 2. The van der Waals surface area contributed by atoms with Crippen LogP contribution in [0.2, 0.25) is 0 Å². The number of nitrogens with zero attached hydrogens (tertiary/aromatic N) is 2. The van der Waals surface area contributed by atoms with Crippen LogP contribution in [0.3, 0.4) is 0 Å². The molecular formula is C18H29N5O4. The van der Waals surface area contributed by atoms with Crippen molar-refractivity contribution in [3.63, 3.8) is 0 Å². The third kappa shape index (κ3) is 6.58. The lowest BCUT2D eigenvalue weighted by Gasteiger charge is -2.20. The van der Waals surface area contributed by atoms with E-state index in [1.54, 1.807) is 13.1 Å². The highest BCUT2D eigenvalue weighted by atomic mass is 16.5. The smallest absolute Gasteiger partial charge is 0.407 e. The molecular weight excluding hydrogens is 350 g/mol. The molecule has 0 bridgehead atoms. The van der Waals surface area contributed by atoms with Gasteiger partial charge in [0.05, 0.1) is 18.5 Å². The minimum Gasteiger partial charge on any atom is -0.450 e. The van der Waals surface area contributed by atoms with E-state index in [-0.39, 0.29) is 36.9 Å². The summed E-state index contributed by atoms with van der Waals surface area (Å²) < 4.78 is 6.31. The summed E-state index contributed by atoms with van der Waals surface area (Å²) in [5.74, 6) is -0.582. The number of amides is 3. The Morgan fingerprint density at radius 1 is 1.30 bits per heavy atom. The Morgan fingerprint density at radius 2 is 2.00 bits per heavy atom. The molecule has 3 amide bonds. The van der Waals surface area contributed by atoms with Crippen LogP contribution in [0.15, 0.2) is 12.4 Å². The van der Waals surface area contributed by atoms with Crippen LogP contribution in [0.1, 0.15) is 46.5 Å². The van der Waals surface area contributed by atoms with Gasteiger partial charge in [-0.2, -0.15) is 5.10 Å². The maximum Gasteiger partial charge on any atom is 0.407 e. The number of nitrogens with one attached hydrogen (secondary N) is 3. The zero-order valence-corrected chi connectivity index (χ0v) is 16.2. The van der Waals surface area contributed by atoms with Crippen molar-refractivity contribution in [2.75, 3.05) is 11.9 Å². The van der Waals surface area contributed by atoms with Crippen LogP contribution in [0.4, 0.5) is 10.5 Å². The SMILES string of the molecule is CCOC(=O)NC(C(=O)Nc1cnn(CC(=O)NC2CCCC2)c1)C(C)C. The van der Waals surface area contributed by atoms with Crippen molar-refractivity contribution in [3.8, 4) is 0 Å². The zero-order valence-electron chi connectivity index (χ0n) is 16.2. The second-order valence-corrected chi connectivity index (χ2v) is 7.05. The first-order valence-corrected chi connectivity index (χ1v) is 9.45. The van der Waals surface area contributed by atoms with E-state index in [1.165, 1.54) is 10.9 Å². The van der Waals surface area contributed by atoms with Crippen molar-refractivity contribution in [1.29, 1.82) is 0 Å². The number of ether oxygens (including phenoxy) is 1. The molecule has 9 heteroatoms. The average Bonchev–Trinajstić information content (AvgIpc) is 3.24. The normalized spacial score (nSPS) is 15.4. The molecule has 0 saturated heterocycles. The van der Waals surface area contributed by atoms with Crippen LogP contribution in [0.25, 0.3) is 0 Å². The number of carbonyl (C=O) groups excluding carboxylic acids is 3. The lowest BCUT2D eigenvalue weighted by molar-refractivity contribution is -0.122. The van der Waals surface area contributed by atoms with Crippen LogP contribution in [-0.2, 0) is 20.9 Å². The summed E-state index contributed by atoms with van der Waals surface area (Å²) >= 11 is 0. The fourth-order valence-electron chi connectivity index (χ4n) is 3.06. The van der Waals surface area contributed by atoms with Gasteiger partial charge in [-0.25, -0.2) is 4.79 Å². The lowest BCUT2D eigenvalue weighted by atomic mass is 10.0. The van der Waals surface area contributed by atoms with E-state index >= 15 is 0 Å². The van der Waals surface area contributed by atoms with Gasteiger partial charge in [-0.3, -0.25) is 14.3 Å². The molecule has 150 valence electrons. The van der Waals surface area contributed by atoms with Crippen molar-refractivity contribution in [3.05, 3.63) is 12.4 Å². The van der Waals surface area contributed by atoms with Gasteiger partial charge >= 0.3 is 6.09 Å². The number of carbonyl (C=O) groups is 3. The van der Waals surface area contributed by atoms with Crippen LogP contribution < -0.4 is 16.0 Å². The summed E-state index contributed by atoms with van der Waals surface area (Å²) in [6.07, 6.45) is 6.79. The van der Waals surface area contributed by atoms with E-state index in [4.69, 9.17) is 4.74 Å². The Morgan fingerprint density at radius 3 is 2.63 bits per heavy atom. The van der Waals surface area contributed by atoms with E-state index in [1.807, 2.05) is 13.8 Å². The van der Waals surface area contributed by atoms with E-state index < -0.39 is 12.1 Å². The molecule has 0 aliphatic heterocycles. The molecule has 27 heavy (non-hydrogen) atoms. The van der Waals surface area contributed by atoms with Gasteiger partial charge in [0, 0.05) is 12.2 Å². The molecule has 0 aromatic carbocycles. The third-order valence-corrected chi connectivity index (χ3v) is 4.42. The maximum atomic E-state index is 12.5. The van der Waals surface area contributed by atoms with Crippen molar-refractivity contribution in [2.24, 2.45) is 5.92 Å². The molecule has 1 heterocycles. The van der Waals surface area contributed by atoms with E-state index in [0.717, 1.165) is 25.7 Å². The highest BCUT2D eigenvalue weighted by Crippen LogP contribution is 2.17. The maximum absolute atomic E-state index is 12.5. The molecule has 0 radical (unpaired) electrons. The molecule has 1 aromatic rings. The monoisotopic (exact) mass is 379 g/mol. The lowest BCUT2D eigenvalue weighted by Crippen LogP contribution is -2.47. The van der Waals surface area contributed by atoms with Crippen molar-refractivity contribution < 1.29 is 19.1 Å². The van der Waals surface area contributed by atoms with Gasteiger partial charge in [0.1, 0.15) is 12.6 Å². The summed E-state index contributed by atoms with van der Waals surface area (Å²) in [7, 11) is 0. The Hall–Kier alpha value is -2.58. The Kier molecular flexibility index (Phi) is 7.63. The number of hydrogen-bond donors (Lipinski definition) is 3. The second-order valence-electron chi connectivity index (χ2n) is 7.05. The van der Waals surface area contributed by atoms with E-state index in [0.29, 0.717) is 5.69 Å². The van der Waals surface area contributed by atoms with Gasteiger partial charge in [-0.05, 0) is 25.7 Å². The first-order chi connectivity index (χ1) is 12.9. The first kappa shape index (κ1) is 20.7. The molecule has 1 aliphatic carbocycles. The Balaban J connectivity index is 1.87. The quantitative estimate of drug-likeness (QED) is 0.635. The summed E-state index contributed by atoms with van der Waals surface area (Å²) in [5.41, 5.74) is 0.463. The van der Waals surface area contributed by atoms with Crippen LogP contribution in [-0.4, -0.2) is 46.4 Å². The topological polar surface area (TPSA) is 114 Å². The van der Waals surface area contributed by atoms with Gasteiger partial charge in [0.25, 0.3) is 0 Å². The summed E-state index contributed by atoms with van der Waals surface area (Å²) in [6.45, 7) is 5.68. The highest BCUT2D eigenvalue weighted by molar-refractivity contribution is 5.96. The first-order valence-electron chi connectivity index (χ1n) is 9.45. The molecule has 1 aromatic heterocycles. The summed E-state index contributed by atoms with van der Waals surface area (Å²) in [4.78, 5) is 36.1. The number of alkyl carbamates (subject to hydrolysis) is 1. The predicted octanol–water partition coefficient (Wildman–Crippen LogP) is 1.65. The van der Waals surface area contributed by atoms with Crippen molar-refractivity contribution >= 4 is 23.6 Å². The van der Waals surface area contributed by atoms with Gasteiger partial charge in [0.15, 0.2) is 0 Å². The minimum atomic E-state index is -0.738. The van der Waals surface area contributed by atoms with Crippen LogP contribution in [0, 0.1) is 5.92 Å². The standard InChI is InChI=1S/C18H29N5O4/c1-4-27-18(26)22-16(12(2)3)17(25)21-14-9-19-23(10-14)11-15(24)20-13-7-5-6-8-13/h9-10,12-13,16H,4-8,11H2,1-3H3,(H,20,24)(H,21,25)(H,22,26). The van der Waals surface area contributed by atoms with Gasteiger partial charge in [0.2, 0.25) is 11.8 Å². The second kappa shape index (κ2) is 9.94. The fourth-order valence-corrected chi connectivity index (χ4v) is 3.06. The minimum absolute atomic E-state index is 0.0908. The highest BCUT2D eigenvalue weighted by Gasteiger charge is 2.25. The molecule has 1 fully saturated rings. The summed E-state index contributed by atoms with van der Waals surface area (Å²) in [5, 5.41) is 12.4. The molecule has 0 spiro atoms. The molecule has 9 nitrogen and oxygen atoms in total. The van der Waals surface area contributed by atoms with Crippen molar-refractivity contribution in [2.45, 2.75) is 65.1 Å². The number of anilines is 1. The average molecular weight is 379 g/mol.